The van der Waals surface area contributed by atoms with E-state index in [1.165, 1.54) is 98.0 Å². The quantitative estimate of drug-likeness (QED) is 0.117. The molecule has 0 N–H and O–H groups in total. The summed E-state index contributed by atoms with van der Waals surface area (Å²) >= 11 is 0. The smallest absolute Gasteiger partial charge is 0.179 e. The molecule has 2 nitrogen and oxygen atoms in total. The zero-order valence-corrected chi connectivity index (χ0v) is 34.7. The lowest BCUT2D eigenvalue weighted by Crippen LogP contribution is -2.74. The summed E-state index contributed by atoms with van der Waals surface area (Å²) in [5.41, 5.74) is 12.7. The van der Waals surface area contributed by atoms with E-state index in [-0.39, 0.29) is 5.41 Å². The molecular weight excluding hydrogens is 741 g/mol. The van der Waals surface area contributed by atoms with Gasteiger partial charge in [-0.1, -0.05) is 184 Å². The molecule has 0 amide bonds. The Labute approximate surface area is 351 Å². The molecule has 284 valence electrons. The molecular formula is C57H42N2Si. The molecule has 1 aliphatic rings. The van der Waals surface area contributed by atoms with Crippen molar-refractivity contribution in [3.63, 3.8) is 0 Å². The van der Waals surface area contributed by atoms with Crippen LogP contribution in [0.1, 0.15) is 25.0 Å². The van der Waals surface area contributed by atoms with Crippen molar-refractivity contribution >= 4 is 72.4 Å². The maximum absolute atomic E-state index is 2.90. The predicted molar refractivity (Wildman–Crippen MR) is 256 cm³/mol. The number of fused-ring (bicyclic) bond motifs is 10. The van der Waals surface area contributed by atoms with Crippen LogP contribution in [-0.2, 0) is 5.41 Å². The normalized spacial score (nSPS) is 13.3. The van der Waals surface area contributed by atoms with Gasteiger partial charge in [0, 0.05) is 38.3 Å². The van der Waals surface area contributed by atoms with E-state index < -0.39 is 8.07 Å². The van der Waals surface area contributed by atoms with Crippen LogP contribution in [0.3, 0.4) is 0 Å². The van der Waals surface area contributed by atoms with Gasteiger partial charge in [-0.05, 0) is 91.5 Å². The number of benzene rings is 9. The van der Waals surface area contributed by atoms with Gasteiger partial charge in [0.1, 0.15) is 0 Å². The summed E-state index contributed by atoms with van der Waals surface area (Å²) in [4.78, 5) is 0. The number of rotatable bonds is 6. The van der Waals surface area contributed by atoms with E-state index in [0.717, 1.165) is 0 Å². The second-order valence-corrected chi connectivity index (χ2v) is 20.7. The zero-order valence-electron chi connectivity index (χ0n) is 33.7. The third-order valence-electron chi connectivity index (χ3n) is 13.5. The maximum atomic E-state index is 2.51. The van der Waals surface area contributed by atoms with Crippen LogP contribution in [0.5, 0.6) is 0 Å². The summed E-state index contributed by atoms with van der Waals surface area (Å²) in [5, 5.41) is 10.6. The Bertz CT molecular complexity index is 3390. The SMILES string of the molecule is CC1(C)c2ccccc2-c2c1ccc1c2c2ccccc2n1-c1ccc([Si](c2ccccc2)(c2ccccc2)c2ccc3c4ccccc4n(-c4ccccc4)c3c2)cc1. The fraction of sp³-hybridized carbons (Fsp3) is 0.0526. The molecule has 0 saturated carbocycles. The number of nitrogens with zero attached hydrogens (tertiary/aromatic N) is 2. The molecule has 9 aromatic carbocycles. The van der Waals surface area contributed by atoms with Crippen LogP contribution in [0, 0.1) is 0 Å². The van der Waals surface area contributed by atoms with E-state index in [4.69, 9.17) is 0 Å². The molecule has 0 atom stereocenters. The molecule has 1 aliphatic carbocycles. The molecule has 60 heavy (non-hydrogen) atoms. The first-order valence-corrected chi connectivity index (χ1v) is 23.0. The highest BCUT2D eigenvalue weighted by atomic mass is 28.3. The Hall–Kier alpha value is -7.20. The van der Waals surface area contributed by atoms with Crippen molar-refractivity contribution in [2.45, 2.75) is 19.3 Å². The molecule has 0 saturated heterocycles. The van der Waals surface area contributed by atoms with Gasteiger partial charge in [-0.2, -0.15) is 0 Å². The van der Waals surface area contributed by atoms with Gasteiger partial charge in [0.15, 0.2) is 8.07 Å². The van der Waals surface area contributed by atoms with Gasteiger partial charge in [-0.15, -0.1) is 0 Å². The van der Waals surface area contributed by atoms with Gasteiger partial charge >= 0.3 is 0 Å². The number of hydrogen-bond donors (Lipinski definition) is 0. The molecule has 0 aliphatic heterocycles. The van der Waals surface area contributed by atoms with Crippen LogP contribution < -0.4 is 20.7 Å². The summed E-state index contributed by atoms with van der Waals surface area (Å²) in [7, 11) is -2.90. The first-order valence-electron chi connectivity index (χ1n) is 21.0. The van der Waals surface area contributed by atoms with Crippen molar-refractivity contribution in [3.8, 4) is 22.5 Å². The molecule has 0 spiro atoms. The molecule has 3 heteroatoms. The highest BCUT2D eigenvalue weighted by Gasteiger charge is 2.42. The van der Waals surface area contributed by atoms with Crippen LogP contribution in [0.4, 0.5) is 0 Å². The molecule has 0 radical (unpaired) electrons. The molecule has 12 rings (SSSR count). The first kappa shape index (κ1) is 34.8. The van der Waals surface area contributed by atoms with Crippen LogP contribution in [0.15, 0.2) is 218 Å². The topological polar surface area (TPSA) is 9.86 Å². The summed E-state index contributed by atoms with van der Waals surface area (Å²) < 4.78 is 4.94. The largest absolute Gasteiger partial charge is 0.309 e. The second kappa shape index (κ2) is 13.2. The van der Waals surface area contributed by atoms with E-state index in [1.807, 2.05) is 0 Å². The zero-order chi connectivity index (χ0) is 40.0. The minimum Gasteiger partial charge on any atom is -0.309 e. The first-order chi connectivity index (χ1) is 29.5. The summed E-state index contributed by atoms with van der Waals surface area (Å²) in [6.07, 6.45) is 0. The van der Waals surface area contributed by atoms with E-state index in [0.29, 0.717) is 0 Å². The van der Waals surface area contributed by atoms with Crippen molar-refractivity contribution in [1.29, 1.82) is 0 Å². The summed E-state index contributed by atoms with van der Waals surface area (Å²) in [6.45, 7) is 4.74. The lowest BCUT2D eigenvalue weighted by Gasteiger charge is -2.34. The van der Waals surface area contributed by atoms with Gasteiger partial charge in [0.05, 0.1) is 22.1 Å². The van der Waals surface area contributed by atoms with Crippen LogP contribution >= 0.6 is 0 Å². The van der Waals surface area contributed by atoms with Crippen molar-refractivity contribution < 1.29 is 0 Å². The Kier molecular flexibility index (Phi) is 7.63. The monoisotopic (exact) mass is 782 g/mol. The van der Waals surface area contributed by atoms with Crippen molar-refractivity contribution in [3.05, 3.63) is 230 Å². The number of para-hydroxylation sites is 3. The minimum atomic E-state index is -2.90. The molecule has 0 unspecified atom stereocenters. The van der Waals surface area contributed by atoms with E-state index in [9.17, 15) is 0 Å². The van der Waals surface area contributed by atoms with Gasteiger partial charge in [0.25, 0.3) is 0 Å². The lowest BCUT2D eigenvalue weighted by molar-refractivity contribution is 0.661. The molecule has 0 bridgehead atoms. The van der Waals surface area contributed by atoms with Gasteiger partial charge in [-0.25, -0.2) is 0 Å². The lowest BCUT2D eigenvalue weighted by atomic mass is 9.82. The molecule has 2 heterocycles. The third kappa shape index (κ3) is 4.81. The van der Waals surface area contributed by atoms with Gasteiger partial charge in [-0.3, -0.25) is 0 Å². The van der Waals surface area contributed by atoms with Crippen LogP contribution in [-0.4, -0.2) is 17.2 Å². The Morgan fingerprint density at radius 2 is 0.850 bits per heavy atom. The number of aromatic nitrogens is 2. The van der Waals surface area contributed by atoms with Gasteiger partial charge in [0.2, 0.25) is 0 Å². The highest BCUT2D eigenvalue weighted by molar-refractivity contribution is 7.20. The molecule has 0 fully saturated rings. The number of hydrogen-bond acceptors (Lipinski definition) is 0. The Balaban J connectivity index is 1.12. The van der Waals surface area contributed by atoms with Gasteiger partial charge < -0.3 is 9.13 Å². The highest BCUT2D eigenvalue weighted by Crippen LogP contribution is 2.53. The van der Waals surface area contributed by atoms with Crippen LogP contribution in [0.25, 0.3) is 66.1 Å². The summed E-state index contributed by atoms with van der Waals surface area (Å²) in [6, 6.07) is 81.9. The molecule has 11 aromatic rings. The predicted octanol–water partition coefficient (Wildman–Crippen LogP) is 11.6. The Morgan fingerprint density at radius 1 is 0.350 bits per heavy atom. The minimum absolute atomic E-state index is 0.0632. The van der Waals surface area contributed by atoms with E-state index >= 15 is 0 Å². The average Bonchev–Trinajstić information content (AvgIpc) is 3.91. The van der Waals surface area contributed by atoms with E-state index in [2.05, 4.69) is 241 Å². The maximum Gasteiger partial charge on any atom is 0.179 e. The fourth-order valence-corrected chi connectivity index (χ4v) is 15.6. The average molecular weight is 783 g/mol. The fourth-order valence-electron chi connectivity index (χ4n) is 10.8. The summed E-state index contributed by atoms with van der Waals surface area (Å²) in [5.74, 6) is 0. The molecule has 2 aromatic heterocycles. The van der Waals surface area contributed by atoms with Crippen molar-refractivity contribution in [2.24, 2.45) is 0 Å². The van der Waals surface area contributed by atoms with Crippen molar-refractivity contribution in [2.75, 3.05) is 0 Å². The van der Waals surface area contributed by atoms with Crippen LogP contribution in [0.2, 0.25) is 0 Å². The standard InChI is InChI=1S/C57H42N2Si/c1-57(2)49-27-15-12-25-47(49)55-50(57)36-37-53-56(55)48-26-14-17-29-52(48)58(53)40-30-32-43(33-31-40)60(41-20-8-4-9-21-41,42-22-10-5-11-23-42)44-34-35-46-45-24-13-16-28-51(45)59(54(46)38-44)39-18-6-3-7-19-39/h3-38H,1-2H3. The second-order valence-electron chi connectivity index (χ2n) is 16.9. The third-order valence-corrected chi connectivity index (χ3v) is 18.3. The van der Waals surface area contributed by atoms with E-state index in [1.54, 1.807) is 0 Å². The van der Waals surface area contributed by atoms with Crippen molar-refractivity contribution in [1.82, 2.24) is 9.13 Å². The Morgan fingerprint density at radius 3 is 1.55 bits per heavy atom.